The second-order valence-electron chi connectivity index (χ2n) is 6.45. The van der Waals surface area contributed by atoms with E-state index in [1.807, 2.05) is 55.5 Å². The van der Waals surface area contributed by atoms with E-state index in [4.69, 9.17) is 4.74 Å². The number of anilines is 2. The van der Waals surface area contributed by atoms with E-state index in [9.17, 15) is 9.59 Å². The monoisotopic (exact) mass is 360 g/mol. The van der Waals surface area contributed by atoms with Gasteiger partial charge in [-0.15, -0.1) is 0 Å². The lowest BCUT2D eigenvalue weighted by atomic mass is 10.1. The summed E-state index contributed by atoms with van der Waals surface area (Å²) in [6.45, 7) is 4.13. The van der Waals surface area contributed by atoms with Crippen molar-refractivity contribution in [1.82, 2.24) is 0 Å². The highest BCUT2D eigenvalue weighted by atomic mass is 16.5. The van der Waals surface area contributed by atoms with Crippen LogP contribution >= 0.6 is 0 Å². The van der Waals surface area contributed by atoms with Crippen molar-refractivity contribution in [3.63, 3.8) is 0 Å². The fourth-order valence-electron chi connectivity index (χ4n) is 3.53. The van der Waals surface area contributed by atoms with E-state index in [1.54, 1.807) is 24.0 Å². The van der Waals surface area contributed by atoms with Crippen LogP contribution in [0, 0.1) is 0 Å². The number of carbonyl (C=O) groups is 2. The third-order valence-corrected chi connectivity index (χ3v) is 4.80. The van der Waals surface area contributed by atoms with Gasteiger partial charge in [-0.1, -0.05) is 36.4 Å². The zero-order valence-corrected chi connectivity index (χ0v) is 15.2. The number of hydrogen-bond acceptors (Lipinski definition) is 3. The van der Waals surface area contributed by atoms with Crippen LogP contribution in [0.25, 0.3) is 10.8 Å². The minimum atomic E-state index is -0.662. The summed E-state index contributed by atoms with van der Waals surface area (Å²) < 4.78 is 5.57. The van der Waals surface area contributed by atoms with E-state index in [-0.39, 0.29) is 11.8 Å². The molecule has 27 heavy (non-hydrogen) atoms. The van der Waals surface area contributed by atoms with E-state index < -0.39 is 6.04 Å². The van der Waals surface area contributed by atoms with Crippen LogP contribution in [-0.2, 0) is 4.79 Å². The Bertz CT molecular complexity index is 1040. The number of rotatable bonds is 5. The van der Waals surface area contributed by atoms with Gasteiger partial charge in [-0.25, -0.2) is 0 Å². The first-order chi connectivity index (χ1) is 13.1. The maximum Gasteiger partial charge on any atom is 0.259 e. The van der Waals surface area contributed by atoms with Gasteiger partial charge in [-0.3, -0.25) is 14.5 Å². The Balaban J connectivity index is 1.64. The minimum Gasteiger partial charge on any atom is -0.492 e. The van der Waals surface area contributed by atoms with Gasteiger partial charge in [-0.05, 0) is 43.5 Å². The summed E-state index contributed by atoms with van der Waals surface area (Å²) in [4.78, 5) is 27.4. The van der Waals surface area contributed by atoms with Crippen LogP contribution in [0.3, 0.4) is 0 Å². The molecule has 1 unspecified atom stereocenters. The Morgan fingerprint density at radius 3 is 2.59 bits per heavy atom. The fraction of sp³-hybridized carbons (Fsp3) is 0.182. The molecule has 4 rings (SSSR count). The lowest BCUT2D eigenvalue weighted by Crippen LogP contribution is -2.44. The molecule has 1 aliphatic heterocycles. The van der Waals surface area contributed by atoms with Crippen molar-refractivity contribution in [2.45, 2.75) is 19.9 Å². The van der Waals surface area contributed by atoms with Gasteiger partial charge in [0.05, 0.1) is 18.0 Å². The molecule has 3 aromatic rings. The number of amides is 2. The van der Waals surface area contributed by atoms with Crippen LogP contribution in [-0.4, -0.2) is 24.5 Å². The van der Waals surface area contributed by atoms with E-state index in [0.29, 0.717) is 23.6 Å². The zero-order chi connectivity index (χ0) is 19.0. The van der Waals surface area contributed by atoms with Gasteiger partial charge in [0.15, 0.2) is 0 Å². The van der Waals surface area contributed by atoms with Crippen molar-refractivity contribution in [2.75, 3.05) is 16.8 Å². The molecule has 0 bridgehead atoms. The molecule has 136 valence electrons. The number of nitrogens with zero attached hydrogens (tertiary/aromatic N) is 1. The summed E-state index contributed by atoms with van der Waals surface area (Å²) in [5, 5.41) is 4.79. The number of ether oxygens (including phenoxy) is 1. The van der Waals surface area contributed by atoms with Crippen molar-refractivity contribution in [3.8, 4) is 5.75 Å². The molecule has 0 spiro atoms. The number of para-hydroxylation sites is 2. The maximum atomic E-state index is 13.0. The summed E-state index contributed by atoms with van der Waals surface area (Å²) >= 11 is 0. The lowest BCUT2D eigenvalue weighted by molar-refractivity contribution is -0.117. The van der Waals surface area contributed by atoms with Crippen LogP contribution in [0.2, 0.25) is 0 Å². The summed E-state index contributed by atoms with van der Waals surface area (Å²) in [6.07, 6.45) is 0. The van der Waals surface area contributed by atoms with E-state index in [1.165, 1.54) is 0 Å². The van der Waals surface area contributed by atoms with Crippen molar-refractivity contribution in [2.24, 2.45) is 0 Å². The average Bonchev–Trinajstić information content (AvgIpc) is 2.97. The summed E-state index contributed by atoms with van der Waals surface area (Å²) in [7, 11) is 0. The van der Waals surface area contributed by atoms with Crippen LogP contribution in [0.4, 0.5) is 11.4 Å². The number of hydrogen-bond donors (Lipinski definition) is 1. The molecular formula is C22H20N2O3. The smallest absolute Gasteiger partial charge is 0.259 e. The van der Waals surface area contributed by atoms with Crippen molar-refractivity contribution >= 4 is 34.0 Å². The minimum absolute atomic E-state index is 0.150. The topological polar surface area (TPSA) is 58.6 Å². The Kier molecular flexibility index (Phi) is 4.28. The van der Waals surface area contributed by atoms with Gasteiger partial charge < -0.3 is 10.1 Å². The summed E-state index contributed by atoms with van der Waals surface area (Å²) in [6, 6.07) is 18.0. The van der Waals surface area contributed by atoms with E-state index >= 15 is 0 Å². The van der Waals surface area contributed by atoms with Gasteiger partial charge in [0.1, 0.15) is 11.8 Å². The molecule has 5 nitrogen and oxygen atoms in total. The Morgan fingerprint density at radius 2 is 1.81 bits per heavy atom. The average molecular weight is 360 g/mol. The second kappa shape index (κ2) is 6.76. The number of nitrogens with one attached hydrogen (secondary N) is 1. The fourth-order valence-corrected chi connectivity index (χ4v) is 3.53. The first-order valence-corrected chi connectivity index (χ1v) is 8.99. The molecule has 0 saturated heterocycles. The molecule has 1 N–H and O–H groups in total. The lowest BCUT2D eigenvalue weighted by Gasteiger charge is -2.25. The predicted octanol–water partition coefficient (Wildman–Crippen LogP) is 4.23. The largest absolute Gasteiger partial charge is 0.492 e. The van der Waals surface area contributed by atoms with Gasteiger partial charge in [0, 0.05) is 10.9 Å². The van der Waals surface area contributed by atoms with Gasteiger partial charge in [0.2, 0.25) is 5.91 Å². The second-order valence-corrected chi connectivity index (χ2v) is 6.45. The molecule has 0 aliphatic carbocycles. The van der Waals surface area contributed by atoms with Crippen molar-refractivity contribution in [1.29, 1.82) is 0 Å². The quantitative estimate of drug-likeness (QED) is 0.741. The maximum absolute atomic E-state index is 13.0. The highest BCUT2D eigenvalue weighted by molar-refractivity contribution is 6.27. The van der Waals surface area contributed by atoms with Crippen LogP contribution < -0.4 is 15.0 Å². The molecule has 0 radical (unpaired) electrons. The third-order valence-electron chi connectivity index (χ3n) is 4.80. The molecule has 3 aromatic carbocycles. The number of benzene rings is 3. The first kappa shape index (κ1) is 17.1. The SMILES string of the molecule is CCOc1ccccc1NC(=O)C(C)N1C(=O)c2cccc3cccc1c23. The van der Waals surface area contributed by atoms with Crippen LogP contribution in [0.5, 0.6) is 5.75 Å². The van der Waals surface area contributed by atoms with Crippen molar-refractivity contribution in [3.05, 3.63) is 66.2 Å². The summed E-state index contributed by atoms with van der Waals surface area (Å²) in [5.74, 6) is 0.196. The molecule has 1 aliphatic rings. The third kappa shape index (κ3) is 2.81. The predicted molar refractivity (Wildman–Crippen MR) is 106 cm³/mol. The molecule has 2 amide bonds. The van der Waals surface area contributed by atoms with E-state index in [2.05, 4.69) is 5.32 Å². The molecule has 0 saturated carbocycles. The van der Waals surface area contributed by atoms with Crippen LogP contribution in [0.1, 0.15) is 24.2 Å². The van der Waals surface area contributed by atoms with Gasteiger partial charge in [0.25, 0.3) is 5.91 Å². The standard InChI is InChI=1S/C22H20N2O3/c1-3-27-19-13-5-4-11-17(19)23-21(25)14(2)24-18-12-7-9-15-8-6-10-16(20(15)18)22(24)26/h4-14H,3H2,1-2H3,(H,23,25). The summed E-state index contributed by atoms with van der Waals surface area (Å²) in [5.41, 5.74) is 2.00. The van der Waals surface area contributed by atoms with Gasteiger partial charge in [-0.2, -0.15) is 0 Å². The highest BCUT2D eigenvalue weighted by Gasteiger charge is 2.35. The Labute approximate surface area is 157 Å². The number of carbonyl (C=O) groups excluding carboxylic acids is 2. The molecule has 0 aromatic heterocycles. The zero-order valence-electron chi connectivity index (χ0n) is 15.2. The first-order valence-electron chi connectivity index (χ1n) is 8.99. The molecule has 1 atom stereocenters. The van der Waals surface area contributed by atoms with Crippen molar-refractivity contribution < 1.29 is 14.3 Å². The molecule has 5 heteroatoms. The molecule has 1 heterocycles. The Hall–Kier alpha value is -3.34. The van der Waals surface area contributed by atoms with Gasteiger partial charge >= 0.3 is 0 Å². The molecule has 0 fully saturated rings. The molecular weight excluding hydrogens is 340 g/mol. The van der Waals surface area contributed by atoms with E-state index in [0.717, 1.165) is 16.5 Å². The highest BCUT2D eigenvalue weighted by Crippen LogP contribution is 2.38. The Morgan fingerprint density at radius 1 is 1.07 bits per heavy atom. The normalized spacial score (nSPS) is 13.7. The van der Waals surface area contributed by atoms with Crippen LogP contribution in [0.15, 0.2) is 60.7 Å².